The number of aryl methyl sites for hydroxylation is 1. The van der Waals surface area contributed by atoms with Gasteiger partial charge in [-0.1, -0.05) is 12.1 Å². The van der Waals surface area contributed by atoms with Gasteiger partial charge in [0.15, 0.2) is 0 Å². The number of fused-ring (bicyclic) bond motifs is 1. The molecule has 1 aromatic carbocycles. The molecule has 0 bridgehead atoms. The third-order valence-electron chi connectivity index (χ3n) is 5.06. The van der Waals surface area contributed by atoms with Gasteiger partial charge in [0.2, 0.25) is 11.8 Å². The van der Waals surface area contributed by atoms with E-state index in [2.05, 4.69) is 5.32 Å². The largest absolute Gasteiger partial charge is 0.481 e. The van der Waals surface area contributed by atoms with Crippen LogP contribution in [0.15, 0.2) is 18.2 Å². The highest BCUT2D eigenvalue weighted by molar-refractivity contribution is 5.99. The highest BCUT2D eigenvalue weighted by Gasteiger charge is 2.53. The number of carbonyl (C=O) groups excluding carboxylic acids is 2. The first-order valence-corrected chi connectivity index (χ1v) is 8.64. The number of hydrogen-bond donors (Lipinski definition) is 2. The van der Waals surface area contributed by atoms with E-state index in [-0.39, 0.29) is 12.3 Å². The van der Waals surface area contributed by atoms with Crippen LogP contribution >= 0.6 is 0 Å². The Labute approximate surface area is 153 Å². The monoisotopic (exact) mass is 384 g/mol. The van der Waals surface area contributed by atoms with E-state index < -0.39 is 43.0 Å². The predicted molar refractivity (Wildman–Crippen MR) is 89.0 cm³/mol. The lowest BCUT2D eigenvalue weighted by atomic mass is 9.96. The van der Waals surface area contributed by atoms with Gasteiger partial charge in [0, 0.05) is 25.2 Å². The van der Waals surface area contributed by atoms with Gasteiger partial charge < -0.3 is 15.3 Å². The molecule has 6 nitrogen and oxygen atoms in total. The molecule has 2 amide bonds. The second-order valence-corrected chi connectivity index (χ2v) is 6.96. The van der Waals surface area contributed by atoms with Crippen LogP contribution in [0.1, 0.15) is 24.0 Å². The Morgan fingerprint density at radius 1 is 1.26 bits per heavy atom. The average Bonchev–Trinajstić information content (AvgIpc) is 3.16. The molecule has 0 aromatic heterocycles. The van der Waals surface area contributed by atoms with Crippen molar-refractivity contribution in [2.24, 2.45) is 11.8 Å². The molecule has 27 heavy (non-hydrogen) atoms. The lowest BCUT2D eigenvalue weighted by Gasteiger charge is -2.18. The molecule has 0 saturated carbocycles. The third kappa shape index (κ3) is 4.23. The minimum Gasteiger partial charge on any atom is -0.481 e. The quantitative estimate of drug-likeness (QED) is 0.815. The first kappa shape index (κ1) is 19.2. The van der Waals surface area contributed by atoms with E-state index in [4.69, 9.17) is 5.11 Å². The van der Waals surface area contributed by atoms with Crippen molar-refractivity contribution in [2.45, 2.75) is 31.9 Å². The standard InChI is InChI=1S/C18H19F3N2O4/c19-18(20,21)13-9-23(8-12(13)17(26)27)16(25)3-1-2-10-4-5-14-11(6-10)7-15(24)22-14/h4-6,12-13H,1-3,7-9H2,(H,22,24)(H,26,27)/t12-,13-/m1/s1. The third-order valence-corrected chi connectivity index (χ3v) is 5.06. The Morgan fingerprint density at radius 3 is 2.63 bits per heavy atom. The number of halogens is 3. The number of aliphatic carboxylic acids is 1. The van der Waals surface area contributed by atoms with Gasteiger partial charge in [-0.05, 0) is 30.0 Å². The topological polar surface area (TPSA) is 86.7 Å². The van der Waals surface area contributed by atoms with Crippen LogP contribution in [0.2, 0.25) is 0 Å². The molecular formula is C18H19F3N2O4. The molecule has 1 fully saturated rings. The summed E-state index contributed by atoms with van der Waals surface area (Å²) >= 11 is 0. The number of hydrogen-bond acceptors (Lipinski definition) is 3. The Kier molecular flexibility index (Phi) is 5.12. The average molecular weight is 384 g/mol. The van der Waals surface area contributed by atoms with Crippen LogP contribution in [0.5, 0.6) is 0 Å². The molecule has 2 aliphatic rings. The number of nitrogens with one attached hydrogen (secondary N) is 1. The molecule has 1 aromatic rings. The summed E-state index contributed by atoms with van der Waals surface area (Å²) in [6.07, 6.45) is -3.31. The maximum Gasteiger partial charge on any atom is 0.394 e. The van der Waals surface area contributed by atoms with Crippen LogP contribution in [0, 0.1) is 11.8 Å². The molecule has 3 rings (SSSR count). The van der Waals surface area contributed by atoms with Crippen molar-refractivity contribution in [3.63, 3.8) is 0 Å². The summed E-state index contributed by atoms with van der Waals surface area (Å²) in [6, 6.07) is 5.52. The van der Waals surface area contributed by atoms with Crippen LogP contribution in [0.25, 0.3) is 0 Å². The number of anilines is 1. The van der Waals surface area contributed by atoms with Gasteiger partial charge >= 0.3 is 12.1 Å². The lowest BCUT2D eigenvalue weighted by Crippen LogP contribution is -2.34. The Bertz CT molecular complexity index is 778. The Balaban J connectivity index is 1.53. The molecule has 0 aliphatic carbocycles. The maximum absolute atomic E-state index is 13.0. The first-order chi connectivity index (χ1) is 12.6. The van der Waals surface area contributed by atoms with Crippen LogP contribution in [-0.2, 0) is 27.2 Å². The van der Waals surface area contributed by atoms with Crippen molar-refractivity contribution >= 4 is 23.5 Å². The fourth-order valence-corrected chi connectivity index (χ4v) is 3.63. The fourth-order valence-electron chi connectivity index (χ4n) is 3.63. The SMILES string of the molecule is O=C1Cc2cc(CCCC(=O)N3C[C@@H](C(F)(F)F)[C@H](C(=O)O)C3)ccc2N1. The summed E-state index contributed by atoms with van der Waals surface area (Å²) in [6.45, 7) is -1.02. The van der Waals surface area contributed by atoms with Crippen LogP contribution in [0.3, 0.4) is 0 Å². The normalized spacial score (nSPS) is 21.9. The van der Waals surface area contributed by atoms with Crippen molar-refractivity contribution in [3.05, 3.63) is 29.3 Å². The van der Waals surface area contributed by atoms with E-state index in [1.165, 1.54) is 0 Å². The van der Waals surface area contributed by atoms with Gasteiger partial charge in [-0.25, -0.2) is 0 Å². The van der Waals surface area contributed by atoms with E-state index in [0.717, 1.165) is 21.7 Å². The molecule has 2 N–H and O–H groups in total. The number of likely N-dealkylation sites (tertiary alicyclic amines) is 1. The molecule has 0 radical (unpaired) electrons. The van der Waals surface area contributed by atoms with Gasteiger partial charge in [-0.3, -0.25) is 14.4 Å². The number of carboxylic acid groups (broad SMARTS) is 1. The second kappa shape index (κ2) is 7.21. The Morgan fingerprint density at radius 2 is 2.00 bits per heavy atom. The zero-order chi connectivity index (χ0) is 19.8. The van der Waals surface area contributed by atoms with Crippen molar-refractivity contribution in [2.75, 3.05) is 18.4 Å². The molecule has 2 atom stereocenters. The van der Waals surface area contributed by atoms with Crippen molar-refractivity contribution in [1.29, 1.82) is 0 Å². The molecule has 146 valence electrons. The van der Waals surface area contributed by atoms with Gasteiger partial charge in [0.05, 0.1) is 18.3 Å². The van der Waals surface area contributed by atoms with Crippen LogP contribution in [0.4, 0.5) is 18.9 Å². The number of alkyl halides is 3. The highest BCUT2D eigenvalue weighted by Crippen LogP contribution is 2.38. The van der Waals surface area contributed by atoms with Gasteiger partial charge in [-0.15, -0.1) is 0 Å². The molecule has 0 spiro atoms. The number of carboxylic acids is 1. The lowest BCUT2D eigenvalue weighted by molar-refractivity contribution is -0.188. The summed E-state index contributed by atoms with van der Waals surface area (Å²) < 4.78 is 39.0. The molecule has 2 heterocycles. The second-order valence-electron chi connectivity index (χ2n) is 6.96. The van der Waals surface area contributed by atoms with Gasteiger partial charge in [0.1, 0.15) is 0 Å². The smallest absolute Gasteiger partial charge is 0.394 e. The van der Waals surface area contributed by atoms with E-state index in [1.807, 2.05) is 12.1 Å². The number of nitrogens with zero attached hydrogens (tertiary/aromatic N) is 1. The van der Waals surface area contributed by atoms with Gasteiger partial charge in [0.25, 0.3) is 0 Å². The van der Waals surface area contributed by atoms with E-state index in [1.54, 1.807) is 6.07 Å². The van der Waals surface area contributed by atoms with E-state index in [9.17, 15) is 27.6 Å². The van der Waals surface area contributed by atoms with Gasteiger partial charge in [-0.2, -0.15) is 13.2 Å². The molecule has 0 unspecified atom stereocenters. The number of carbonyl (C=O) groups is 3. The number of benzene rings is 1. The number of amides is 2. The summed E-state index contributed by atoms with van der Waals surface area (Å²) in [7, 11) is 0. The first-order valence-electron chi connectivity index (χ1n) is 8.64. The summed E-state index contributed by atoms with van der Waals surface area (Å²) in [5, 5.41) is 11.7. The summed E-state index contributed by atoms with van der Waals surface area (Å²) in [4.78, 5) is 35.6. The Hall–Kier alpha value is -2.58. The maximum atomic E-state index is 13.0. The predicted octanol–water partition coefficient (Wildman–Crippen LogP) is 2.23. The van der Waals surface area contributed by atoms with Crippen LogP contribution < -0.4 is 5.32 Å². The zero-order valence-electron chi connectivity index (χ0n) is 14.4. The molecule has 2 aliphatic heterocycles. The highest BCUT2D eigenvalue weighted by atomic mass is 19.4. The molecule has 1 saturated heterocycles. The van der Waals surface area contributed by atoms with Crippen molar-refractivity contribution in [3.8, 4) is 0 Å². The minimum atomic E-state index is -4.64. The van der Waals surface area contributed by atoms with E-state index in [0.29, 0.717) is 19.3 Å². The van der Waals surface area contributed by atoms with Crippen molar-refractivity contribution in [1.82, 2.24) is 4.90 Å². The van der Waals surface area contributed by atoms with Crippen molar-refractivity contribution < 1.29 is 32.7 Å². The minimum absolute atomic E-state index is 0.0468. The molecular weight excluding hydrogens is 365 g/mol. The summed E-state index contributed by atoms with van der Waals surface area (Å²) in [5.74, 6) is -5.71. The number of rotatable bonds is 5. The zero-order valence-corrected chi connectivity index (χ0v) is 14.4. The fraction of sp³-hybridized carbons (Fsp3) is 0.500. The van der Waals surface area contributed by atoms with Crippen LogP contribution in [-0.4, -0.2) is 47.1 Å². The molecule has 9 heteroatoms. The summed E-state index contributed by atoms with van der Waals surface area (Å²) in [5.41, 5.74) is 2.60. The van der Waals surface area contributed by atoms with E-state index >= 15 is 0 Å².